The SMILES string of the molecule is CC.CC(C)C1(C)C=CC2=C(C=C1)N(C)C(=O)C2. The zero-order chi connectivity index (χ0) is 13.9. The maximum Gasteiger partial charge on any atom is 0.231 e. The van der Waals surface area contributed by atoms with Crippen LogP contribution in [0.4, 0.5) is 0 Å². The van der Waals surface area contributed by atoms with Crippen LogP contribution in [0.3, 0.4) is 0 Å². The minimum atomic E-state index is 0.0915. The lowest BCUT2D eigenvalue weighted by atomic mass is 9.79. The Balaban J connectivity index is 0.000000771. The molecule has 0 fully saturated rings. The van der Waals surface area contributed by atoms with Gasteiger partial charge in [0.15, 0.2) is 0 Å². The number of hydrogen-bond acceptors (Lipinski definition) is 1. The summed E-state index contributed by atoms with van der Waals surface area (Å²) in [6.07, 6.45) is 9.20. The summed E-state index contributed by atoms with van der Waals surface area (Å²) in [7, 11) is 1.85. The molecule has 0 aromatic rings. The van der Waals surface area contributed by atoms with Crippen LogP contribution < -0.4 is 0 Å². The van der Waals surface area contributed by atoms with Crippen molar-refractivity contribution in [1.29, 1.82) is 0 Å². The molecule has 0 aromatic heterocycles. The molecular weight excluding hydrogens is 222 g/mol. The van der Waals surface area contributed by atoms with Gasteiger partial charge in [0.2, 0.25) is 5.91 Å². The molecule has 100 valence electrons. The molecule has 2 nitrogen and oxygen atoms in total. The quantitative estimate of drug-likeness (QED) is 0.688. The first-order chi connectivity index (χ1) is 8.44. The lowest BCUT2D eigenvalue weighted by Gasteiger charge is -2.26. The van der Waals surface area contributed by atoms with Gasteiger partial charge in [-0.2, -0.15) is 0 Å². The second-order valence-corrected chi connectivity index (χ2v) is 5.23. The molecule has 0 aromatic carbocycles. The lowest BCUT2D eigenvalue weighted by molar-refractivity contribution is -0.125. The van der Waals surface area contributed by atoms with Crippen molar-refractivity contribution in [3.63, 3.8) is 0 Å². The normalized spacial score (nSPS) is 26.2. The molecule has 1 amide bonds. The van der Waals surface area contributed by atoms with Gasteiger partial charge < -0.3 is 4.90 Å². The van der Waals surface area contributed by atoms with E-state index in [1.807, 2.05) is 20.9 Å². The Kier molecular flexibility index (Phi) is 4.55. The summed E-state index contributed by atoms with van der Waals surface area (Å²) >= 11 is 0. The smallest absolute Gasteiger partial charge is 0.231 e. The van der Waals surface area contributed by atoms with Crippen molar-refractivity contribution in [3.8, 4) is 0 Å². The second kappa shape index (κ2) is 5.55. The summed E-state index contributed by atoms with van der Waals surface area (Å²) < 4.78 is 0. The van der Waals surface area contributed by atoms with Crippen LogP contribution in [0.2, 0.25) is 0 Å². The second-order valence-electron chi connectivity index (χ2n) is 5.23. The molecule has 0 spiro atoms. The first kappa shape index (κ1) is 14.7. The van der Waals surface area contributed by atoms with Crippen molar-refractivity contribution >= 4 is 5.91 Å². The van der Waals surface area contributed by atoms with E-state index in [4.69, 9.17) is 0 Å². The third-order valence-electron chi connectivity index (χ3n) is 3.89. The average molecular weight is 247 g/mol. The van der Waals surface area contributed by atoms with Crippen LogP contribution in [0.15, 0.2) is 35.6 Å². The highest BCUT2D eigenvalue weighted by atomic mass is 16.2. The minimum absolute atomic E-state index is 0.0915. The monoisotopic (exact) mass is 247 g/mol. The van der Waals surface area contributed by atoms with Crippen molar-refractivity contribution in [2.24, 2.45) is 11.3 Å². The first-order valence-corrected chi connectivity index (χ1v) is 6.82. The topological polar surface area (TPSA) is 20.3 Å². The molecule has 0 N–H and O–H groups in total. The lowest BCUT2D eigenvalue weighted by Crippen LogP contribution is -2.20. The summed E-state index contributed by atoms with van der Waals surface area (Å²) in [4.78, 5) is 13.3. The third kappa shape index (κ3) is 2.58. The summed E-state index contributed by atoms with van der Waals surface area (Å²) in [5.41, 5.74) is 2.30. The Hall–Kier alpha value is -1.31. The van der Waals surface area contributed by atoms with E-state index in [2.05, 4.69) is 45.1 Å². The van der Waals surface area contributed by atoms with Gasteiger partial charge in [-0.15, -0.1) is 0 Å². The number of carbonyl (C=O) groups is 1. The van der Waals surface area contributed by atoms with Gasteiger partial charge in [-0.3, -0.25) is 4.79 Å². The highest BCUT2D eigenvalue weighted by molar-refractivity contribution is 5.86. The number of amides is 1. The molecule has 0 saturated heterocycles. The Morgan fingerprint density at radius 2 is 1.78 bits per heavy atom. The Labute approximate surface area is 111 Å². The van der Waals surface area contributed by atoms with E-state index in [0.717, 1.165) is 11.3 Å². The van der Waals surface area contributed by atoms with Gasteiger partial charge >= 0.3 is 0 Å². The van der Waals surface area contributed by atoms with Crippen molar-refractivity contribution < 1.29 is 4.79 Å². The highest BCUT2D eigenvalue weighted by Gasteiger charge is 2.29. The molecule has 2 rings (SSSR count). The van der Waals surface area contributed by atoms with Crippen LogP contribution in [-0.2, 0) is 4.79 Å². The van der Waals surface area contributed by atoms with Gasteiger partial charge in [0.1, 0.15) is 0 Å². The standard InChI is InChI=1S/C14H19NO.C2H6/c1-10(2)14(3)7-5-11-9-13(16)15(4)12(11)6-8-14;1-2/h5-8,10H,9H2,1-4H3;1-2H3. The van der Waals surface area contributed by atoms with E-state index in [9.17, 15) is 4.79 Å². The van der Waals surface area contributed by atoms with Crippen LogP contribution in [0.1, 0.15) is 41.0 Å². The van der Waals surface area contributed by atoms with Crippen LogP contribution in [0.5, 0.6) is 0 Å². The average Bonchev–Trinajstić information content (AvgIpc) is 2.51. The van der Waals surface area contributed by atoms with E-state index in [0.29, 0.717) is 12.3 Å². The molecule has 1 heterocycles. The van der Waals surface area contributed by atoms with E-state index in [1.54, 1.807) is 4.90 Å². The van der Waals surface area contributed by atoms with Gasteiger partial charge in [0.25, 0.3) is 0 Å². The highest BCUT2D eigenvalue weighted by Crippen LogP contribution is 2.36. The van der Waals surface area contributed by atoms with Crippen LogP contribution >= 0.6 is 0 Å². The fraction of sp³-hybridized carbons (Fsp3) is 0.562. The molecule has 2 heteroatoms. The molecule has 2 aliphatic rings. The van der Waals surface area contributed by atoms with Gasteiger partial charge in [-0.05, 0) is 17.6 Å². The van der Waals surface area contributed by atoms with E-state index in [-0.39, 0.29) is 11.3 Å². The number of nitrogens with zero attached hydrogens (tertiary/aromatic N) is 1. The summed E-state index contributed by atoms with van der Waals surface area (Å²) in [5.74, 6) is 0.744. The molecule has 0 bridgehead atoms. The predicted octanol–water partition coefficient (Wildman–Crippen LogP) is 3.92. The Morgan fingerprint density at radius 1 is 1.22 bits per heavy atom. The maximum atomic E-state index is 11.6. The number of hydrogen-bond donors (Lipinski definition) is 0. The first-order valence-electron chi connectivity index (χ1n) is 6.82. The van der Waals surface area contributed by atoms with Gasteiger partial charge in [0, 0.05) is 18.2 Å². The third-order valence-corrected chi connectivity index (χ3v) is 3.89. The zero-order valence-electron chi connectivity index (χ0n) is 12.4. The van der Waals surface area contributed by atoms with Crippen molar-refractivity contribution in [3.05, 3.63) is 35.6 Å². The van der Waals surface area contributed by atoms with Crippen molar-refractivity contribution in [2.45, 2.75) is 41.0 Å². The van der Waals surface area contributed by atoms with Gasteiger partial charge in [-0.1, -0.05) is 52.8 Å². The number of likely N-dealkylation sites (N-methyl/N-ethyl adjacent to an activating group) is 1. The molecule has 1 aliphatic heterocycles. The molecule has 18 heavy (non-hydrogen) atoms. The summed E-state index contributed by atoms with van der Waals surface area (Å²) in [5, 5.41) is 0. The summed E-state index contributed by atoms with van der Waals surface area (Å²) in [6, 6.07) is 0. The van der Waals surface area contributed by atoms with Crippen LogP contribution in [0, 0.1) is 11.3 Å². The number of rotatable bonds is 1. The molecular formula is C16H25NO. The number of allylic oxidation sites excluding steroid dienone is 4. The Bertz CT molecular complexity index is 415. The van der Waals surface area contributed by atoms with Crippen molar-refractivity contribution in [2.75, 3.05) is 7.05 Å². The van der Waals surface area contributed by atoms with Crippen molar-refractivity contribution in [1.82, 2.24) is 4.90 Å². The molecule has 1 aliphatic carbocycles. The maximum absolute atomic E-state index is 11.6. The van der Waals surface area contributed by atoms with Crippen LogP contribution in [-0.4, -0.2) is 17.9 Å². The molecule has 0 saturated carbocycles. The van der Waals surface area contributed by atoms with Gasteiger partial charge in [-0.25, -0.2) is 0 Å². The summed E-state index contributed by atoms with van der Waals surface area (Å²) in [6.45, 7) is 10.7. The minimum Gasteiger partial charge on any atom is -0.315 e. The zero-order valence-corrected chi connectivity index (χ0v) is 12.4. The number of carbonyl (C=O) groups excluding carboxylic acids is 1. The largest absolute Gasteiger partial charge is 0.315 e. The fourth-order valence-electron chi connectivity index (χ4n) is 2.06. The van der Waals surface area contributed by atoms with E-state index >= 15 is 0 Å². The molecule has 0 radical (unpaired) electrons. The van der Waals surface area contributed by atoms with E-state index < -0.39 is 0 Å². The predicted molar refractivity (Wildman–Crippen MR) is 77.0 cm³/mol. The van der Waals surface area contributed by atoms with Crippen LogP contribution in [0.25, 0.3) is 0 Å². The van der Waals surface area contributed by atoms with Gasteiger partial charge in [0.05, 0.1) is 6.42 Å². The Morgan fingerprint density at radius 3 is 2.33 bits per heavy atom. The van der Waals surface area contributed by atoms with E-state index in [1.165, 1.54) is 0 Å². The fourth-order valence-corrected chi connectivity index (χ4v) is 2.06. The molecule has 1 atom stereocenters. The molecule has 1 unspecified atom stereocenters.